The van der Waals surface area contributed by atoms with E-state index in [2.05, 4.69) is 6.07 Å². The first-order valence-corrected chi connectivity index (χ1v) is 5.39. The quantitative estimate of drug-likeness (QED) is 0.802. The van der Waals surface area contributed by atoms with E-state index in [0.29, 0.717) is 12.8 Å². The molecule has 0 aliphatic heterocycles. The van der Waals surface area contributed by atoms with Crippen molar-refractivity contribution in [2.45, 2.75) is 38.7 Å². The molecule has 3 nitrogen and oxygen atoms in total. The molecule has 0 fully saturated rings. The minimum Gasteiger partial charge on any atom is -0.481 e. The normalized spacial score (nSPS) is 14.4. The molecule has 0 radical (unpaired) electrons. The maximum Gasteiger partial charge on any atom is 0.306 e. The van der Waals surface area contributed by atoms with Gasteiger partial charge in [0.1, 0.15) is 0 Å². The van der Waals surface area contributed by atoms with Crippen molar-refractivity contribution in [1.82, 2.24) is 0 Å². The van der Waals surface area contributed by atoms with Crippen LogP contribution in [0.1, 0.15) is 30.9 Å². The Hall–Kier alpha value is -1.35. The summed E-state index contributed by atoms with van der Waals surface area (Å²) in [5.41, 5.74) is 1.18. The van der Waals surface area contributed by atoms with Crippen molar-refractivity contribution >= 4 is 5.97 Å². The molecular formula is C13H18O3. The summed E-state index contributed by atoms with van der Waals surface area (Å²) in [6.45, 7) is 3.58. The molecule has 0 spiro atoms. The molecule has 1 unspecified atom stereocenters. The summed E-state index contributed by atoms with van der Waals surface area (Å²) < 4.78 is 0. The predicted molar refractivity (Wildman–Crippen MR) is 62.4 cm³/mol. The van der Waals surface area contributed by atoms with Gasteiger partial charge in [-0.05, 0) is 32.3 Å². The van der Waals surface area contributed by atoms with Crippen LogP contribution in [-0.4, -0.2) is 21.8 Å². The van der Waals surface area contributed by atoms with Gasteiger partial charge in [0.05, 0.1) is 12.0 Å². The number of hydrogen-bond acceptors (Lipinski definition) is 2. The van der Waals surface area contributed by atoms with E-state index in [1.165, 1.54) is 5.56 Å². The molecule has 0 bridgehead atoms. The van der Waals surface area contributed by atoms with Crippen molar-refractivity contribution in [3.63, 3.8) is 0 Å². The molecule has 0 aliphatic carbocycles. The first-order valence-electron chi connectivity index (χ1n) is 5.39. The second-order valence-electron chi connectivity index (χ2n) is 4.56. The highest BCUT2D eigenvalue weighted by Crippen LogP contribution is 2.18. The minimum absolute atomic E-state index is 0.210. The minimum atomic E-state index is -1.13. The van der Waals surface area contributed by atoms with Gasteiger partial charge in [0.2, 0.25) is 0 Å². The molecule has 0 aromatic heterocycles. The zero-order chi connectivity index (χ0) is 12.2. The Morgan fingerprint density at radius 2 is 2.12 bits per heavy atom. The Balaban J connectivity index is 2.54. The van der Waals surface area contributed by atoms with Crippen LogP contribution < -0.4 is 0 Å². The van der Waals surface area contributed by atoms with Crippen LogP contribution in [0.5, 0.6) is 0 Å². The van der Waals surface area contributed by atoms with Gasteiger partial charge in [0, 0.05) is 0 Å². The second kappa shape index (κ2) is 5.12. The number of hydrogen-bond donors (Lipinski definition) is 2. The second-order valence-corrected chi connectivity index (χ2v) is 4.56. The highest BCUT2D eigenvalue weighted by Gasteiger charge is 2.23. The number of aliphatic carboxylic acids is 1. The van der Waals surface area contributed by atoms with Crippen LogP contribution in [0.4, 0.5) is 0 Å². The van der Waals surface area contributed by atoms with Gasteiger partial charge in [-0.1, -0.05) is 29.8 Å². The van der Waals surface area contributed by atoms with Crippen molar-refractivity contribution in [2.75, 3.05) is 0 Å². The van der Waals surface area contributed by atoms with Gasteiger partial charge in [0.25, 0.3) is 0 Å². The number of rotatable bonds is 5. The predicted octanol–water partition coefficient (Wildman–Crippen LogP) is 2.15. The van der Waals surface area contributed by atoms with E-state index < -0.39 is 11.6 Å². The van der Waals surface area contributed by atoms with Gasteiger partial charge in [0.15, 0.2) is 0 Å². The van der Waals surface area contributed by atoms with Crippen molar-refractivity contribution in [1.29, 1.82) is 0 Å². The van der Waals surface area contributed by atoms with Crippen LogP contribution in [0, 0.1) is 6.92 Å². The van der Waals surface area contributed by atoms with E-state index >= 15 is 0 Å². The first kappa shape index (κ1) is 12.7. The Labute approximate surface area is 95.7 Å². The Morgan fingerprint density at radius 1 is 1.44 bits per heavy atom. The van der Waals surface area contributed by atoms with Crippen LogP contribution in [0.15, 0.2) is 24.3 Å². The van der Waals surface area contributed by atoms with E-state index in [9.17, 15) is 9.90 Å². The van der Waals surface area contributed by atoms with Crippen LogP contribution in [-0.2, 0) is 11.2 Å². The van der Waals surface area contributed by atoms with Crippen LogP contribution >= 0.6 is 0 Å². The maximum atomic E-state index is 10.5. The summed E-state index contributed by atoms with van der Waals surface area (Å²) >= 11 is 0. The van der Waals surface area contributed by atoms with Gasteiger partial charge in [-0.3, -0.25) is 4.79 Å². The van der Waals surface area contributed by atoms with Crippen molar-refractivity contribution < 1.29 is 15.0 Å². The monoisotopic (exact) mass is 222 g/mol. The van der Waals surface area contributed by atoms with Gasteiger partial charge in [-0.15, -0.1) is 0 Å². The molecule has 0 amide bonds. The van der Waals surface area contributed by atoms with Crippen molar-refractivity contribution in [3.05, 3.63) is 35.4 Å². The largest absolute Gasteiger partial charge is 0.481 e. The number of carboxylic acids is 1. The molecule has 0 saturated heterocycles. The third kappa shape index (κ3) is 4.45. The van der Waals surface area contributed by atoms with Gasteiger partial charge < -0.3 is 10.2 Å². The molecule has 0 aliphatic rings. The third-order valence-electron chi connectivity index (χ3n) is 2.57. The number of benzene rings is 1. The smallest absolute Gasteiger partial charge is 0.306 e. The molecule has 0 saturated carbocycles. The molecule has 1 aromatic carbocycles. The molecule has 3 heteroatoms. The van der Waals surface area contributed by atoms with E-state index in [1.807, 2.05) is 25.1 Å². The first-order chi connectivity index (χ1) is 7.39. The van der Waals surface area contributed by atoms with E-state index in [-0.39, 0.29) is 6.42 Å². The third-order valence-corrected chi connectivity index (χ3v) is 2.57. The average Bonchev–Trinajstić information content (AvgIpc) is 2.13. The zero-order valence-electron chi connectivity index (χ0n) is 9.73. The summed E-state index contributed by atoms with van der Waals surface area (Å²) in [4.78, 5) is 10.5. The topological polar surface area (TPSA) is 57.5 Å². The summed E-state index contributed by atoms with van der Waals surface area (Å²) in [6, 6.07) is 8.02. The zero-order valence-corrected chi connectivity index (χ0v) is 9.73. The average molecular weight is 222 g/mol. The van der Waals surface area contributed by atoms with E-state index in [4.69, 9.17) is 5.11 Å². The summed E-state index contributed by atoms with van der Waals surface area (Å²) in [5.74, 6) is -0.964. The highest BCUT2D eigenvalue weighted by atomic mass is 16.4. The van der Waals surface area contributed by atoms with Crippen molar-refractivity contribution in [3.8, 4) is 0 Å². The SMILES string of the molecule is Cc1cccc(CCC(C)(O)CC(=O)O)c1. The molecule has 1 atom stereocenters. The Morgan fingerprint density at radius 3 is 2.69 bits per heavy atom. The van der Waals surface area contributed by atoms with Crippen LogP contribution in [0.3, 0.4) is 0 Å². The molecule has 2 N–H and O–H groups in total. The lowest BCUT2D eigenvalue weighted by Gasteiger charge is -2.20. The number of aliphatic hydroxyl groups is 1. The molecule has 1 aromatic rings. The van der Waals surface area contributed by atoms with Gasteiger partial charge in [-0.25, -0.2) is 0 Å². The summed E-state index contributed by atoms with van der Waals surface area (Å²) in [7, 11) is 0. The number of carboxylic acid groups (broad SMARTS) is 1. The van der Waals surface area contributed by atoms with Gasteiger partial charge in [-0.2, -0.15) is 0 Å². The van der Waals surface area contributed by atoms with Crippen LogP contribution in [0.2, 0.25) is 0 Å². The lowest BCUT2D eigenvalue weighted by molar-refractivity contribution is -0.142. The fourth-order valence-electron chi connectivity index (χ4n) is 1.70. The summed E-state index contributed by atoms with van der Waals surface area (Å²) in [5, 5.41) is 18.5. The standard InChI is InChI=1S/C13H18O3/c1-10-4-3-5-11(8-10)6-7-13(2,16)9-12(14)15/h3-5,8,16H,6-7,9H2,1-2H3,(H,14,15). The number of carbonyl (C=O) groups is 1. The highest BCUT2D eigenvalue weighted by molar-refractivity contribution is 5.68. The lowest BCUT2D eigenvalue weighted by Crippen LogP contribution is -2.28. The molecular weight excluding hydrogens is 204 g/mol. The fourth-order valence-corrected chi connectivity index (χ4v) is 1.70. The Kier molecular flexibility index (Phi) is 4.07. The molecule has 1 rings (SSSR count). The molecule has 88 valence electrons. The molecule has 16 heavy (non-hydrogen) atoms. The van der Waals surface area contributed by atoms with E-state index in [0.717, 1.165) is 5.56 Å². The maximum absolute atomic E-state index is 10.5. The van der Waals surface area contributed by atoms with E-state index in [1.54, 1.807) is 6.92 Å². The van der Waals surface area contributed by atoms with Crippen molar-refractivity contribution in [2.24, 2.45) is 0 Å². The van der Waals surface area contributed by atoms with Gasteiger partial charge >= 0.3 is 5.97 Å². The lowest BCUT2D eigenvalue weighted by atomic mass is 9.93. The summed E-state index contributed by atoms with van der Waals surface area (Å²) in [6.07, 6.45) is 0.948. The number of aryl methyl sites for hydroxylation is 2. The Bertz CT molecular complexity index is 369. The van der Waals surface area contributed by atoms with Crippen LogP contribution in [0.25, 0.3) is 0 Å². The fraction of sp³-hybridized carbons (Fsp3) is 0.462. The molecule has 0 heterocycles.